The largest absolute Gasteiger partial charge is 0.341 e. The first-order chi connectivity index (χ1) is 9.60. The number of nitrogens with zero attached hydrogens (tertiary/aromatic N) is 2. The molecule has 6 heteroatoms. The first-order valence-electron chi connectivity index (χ1n) is 6.90. The van der Waals surface area contributed by atoms with Crippen molar-refractivity contribution in [3.05, 3.63) is 21.3 Å². The number of hydrogen-bond donors (Lipinski definition) is 0. The van der Waals surface area contributed by atoms with E-state index >= 15 is 0 Å². The molecule has 110 valence electrons. The highest BCUT2D eigenvalue weighted by Crippen LogP contribution is 2.22. The van der Waals surface area contributed by atoms with E-state index in [4.69, 9.17) is 11.6 Å². The van der Waals surface area contributed by atoms with Crippen LogP contribution in [-0.2, 0) is 16.0 Å². The summed E-state index contributed by atoms with van der Waals surface area (Å²) in [4.78, 5) is 28.7. The fourth-order valence-corrected chi connectivity index (χ4v) is 3.43. The zero-order valence-electron chi connectivity index (χ0n) is 11.6. The molecule has 20 heavy (non-hydrogen) atoms. The Morgan fingerprint density at radius 2 is 1.80 bits per heavy atom. The molecule has 1 aromatic rings. The van der Waals surface area contributed by atoms with E-state index in [0.717, 1.165) is 24.4 Å². The van der Waals surface area contributed by atoms with E-state index < -0.39 is 0 Å². The van der Waals surface area contributed by atoms with Gasteiger partial charge in [0.1, 0.15) is 0 Å². The second-order valence-electron chi connectivity index (χ2n) is 4.85. The lowest BCUT2D eigenvalue weighted by atomic mass is 10.3. The van der Waals surface area contributed by atoms with Crippen molar-refractivity contribution in [2.24, 2.45) is 0 Å². The second-order valence-corrected chi connectivity index (χ2v) is 6.65. The van der Waals surface area contributed by atoms with Gasteiger partial charge in [0, 0.05) is 37.5 Å². The Hall–Kier alpha value is -1.07. The molecule has 1 saturated heterocycles. The summed E-state index contributed by atoms with van der Waals surface area (Å²) in [5.74, 6) is 0.290. The molecule has 0 aliphatic carbocycles. The van der Waals surface area contributed by atoms with Crippen LogP contribution in [0.3, 0.4) is 0 Å². The number of carbonyl (C=O) groups is 2. The van der Waals surface area contributed by atoms with Crippen LogP contribution < -0.4 is 0 Å². The highest BCUT2D eigenvalue weighted by Gasteiger charge is 2.21. The molecular formula is C14H19ClN2O2S. The summed E-state index contributed by atoms with van der Waals surface area (Å²) >= 11 is 7.32. The van der Waals surface area contributed by atoms with E-state index in [9.17, 15) is 9.59 Å². The Kier molecular flexibility index (Phi) is 5.43. The van der Waals surface area contributed by atoms with Crippen molar-refractivity contribution in [3.8, 4) is 0 Å². The monoisotopic (exact) mass is 314 g/mol. The van der Waals surface area contributed by atoms with Crippen LogP contribution in [0, 0.1) is 0 Å². The molecule has 0 aromatic carbocycles. The molecule has 0 radical (unpaired) electrons. The molecular weight excluding hydrogens is 296 g/mol. The summed E-state index contributed by atoms with van der Waals surface area (Å²) < 4.78 is 0.711. The highest BCUT2D eigenvalue weighted by molar-refractivity contribution is 7.16. The fraction of sp³-hybridized carbons (Fsp3) is 0.571. The topological polar surface area (TPSA) is 40.6 Å². The standard InChI is InChI=1S/C14H19ClN2O2S/c1-2-13(18)16-6-3-7-17(9-8-16)14(19)10-11-4-5-12(15)20-11/h4-5H,2-3,6-10H2,1H3. The Morgan fingerprint density at radius 1 is 1.15 bits per heavy atom. The fourth-order valence-electron chi connectivity index (χ4n) is 2.35. The van der Waals surface area contributed by atoms with Crippen molar-refractivity contribution in [3.63, 3.8) is 0 Å². The molecule has 1 aliphatic rings. The molecule has 1 aromatic heterocycles. The van der Waals surface area contributed by atoms with E-state index in [1.807, 2.05) is 28.9 Å². The number of halogens is 1. The molecule has 0 spiro atoms. The van der Waals surface area contributed by atoms with Gasteiger partial charge in [-0.25, -0.2) is 0 Å². The van der Waals surface area contributed by atoms with Crippen LogP contribution in [0.1, 0.15) is 24.6 Å². The molecule has 0 unspecified atom stereocenters. The number of carbonyl (C=O) groups excluding carboxylic acids is 2. The summed E-state index contributed by atoms with van der Waals surface area (Å²) in [7, 11) is 0. The first-order valence-corrected chi connectivity index (χ1v) is 8.09. The minimum atomic E-state index is 0.120. The average molecular weight is 315 g/mol. The van der Waals surface area contributed by atoms with E-state index in [1.54, 1.807) is 0 Å². The predicted octanol–water partition coefficient (Wildman–Crippen LogP) is 2.41. The van der Waals surface area contributed by atoms with Crippen molar-refractivity contribution < 1.29 is 9.59 Å². The minimum absolute atomic E-state index is 0.120. The summed E-state index contributed by atoms with van der Waals surface area (Å²) in [6.07, 6.45) is 1.78. The van der Waals surface area contributed by atoms with Gasteiger partial charge in [-0.2, -0.15) is 0 Å². The number of thiophene rings is 1. The van der Waals surface area contributed by atoms with Crippen molar-refractivity contribution in [2.45, 2.75) is 26.2 Å². The molecule has 0 N–H and O–H groups in total. The van der Waals surface area contributed by atoms with Crippen LogP contribution in [0.4, 0.5) is 0 Å². The van der Waals surface area contributed by atoms with Crippen LogP contribution in [0.2, 0.25) is 4.34 Å². The lowest BCUT2D eigenvalue weighted by molar-refractivity contribution is -0.133. The normalized spacial score (nSPS) is 16.1. The van der Waals surface area contributed by atoms with Gasteiger partial charge >= 0.3 is 0 Å². The van der Waals surface area contributed by atoms with Gasteiger partial charge in [-0.05, 0) is 18.6 Å². The number of amides is 2. The van der Waals surface area contributed by atoms with E-state index in [2.05, 4.69) is 0 Å². The highest BCUT2D eigenvalue weighted by atomic mass is 35.5. The van der Waals surface area contributed by atoms with Gasteiger partial charge in [0.15, 0.2) is 0 Å². The first kappa shape index (κ1) is 15.3. The quantitative estimate of drug-likeness (QED) is 0.859. The van der Waals surface area contributed by atoms with Gasteiger partial charge in [0.05, 0.1) is 10.8 Å². The minimum Gasteiger partial charge on any atom is -0.341 e. The molecule has 2 amide bonds. The Balaban J connectivity index is 1.89. The van der Waals surface area contributed by atoms with E-state index in [1.165, 1.54) is 11.3 Å². The van der Waals surface area contributed by atoms with Gasteiger partial charge in [0.25, 0.3) is 0 Å². The summed E-state index contributed by atoms with van der Waals surface area (Å²) in [6, 6.07) is 3.72. The van der Waals surface area contributed by atoms with Crippen LogP contribution >= 0.6 is 22.9 Å². The molecule has 0 atom stereocenters. The second kappa shape index (κ2) is 7.09. The number of rotatable bonds is 3. The van der Waals surface area contributed by atoms with Gasteiger partial charge in [-0.3, -0.25) is 9.59 Å². The van der Waals surface area contributed by atoms with Crippen LogP contribution in [0.25, 0.3) is 0 Å². The lowest BCUT2D eigenvalue weighted by Gasteiger charge is -2.21. The maximum atomic E-state index is 12.3. The lowest BCUT2D eigenvalue weighted by Crippen LogP contribution is -2.37. The average Bonchev–Trinajstić information content (AvgIpc) is 2.70. The molecule has 0 bridgehead atoms. The van der Waals surface area contributed by atoms with Crippen molar-refractivity contribution in [1.82, 2.24) is 9.80 Å². The van der Waals surface area contributed by atoms with Crippen molar-refractivity contribution in [2.75, 3.05) is 26.2 Å². The predicted molar refractivity (Wildman–Crippen MR) is 81.1 cm³/mol. The third kappa shape index (κ3) is 3.96. The van der Waals surface area contributed by atoms with Gasteiger partial charge < -0.3 is 9.80 Å². The third-order valence-electron chi connectivity index (χ3n) is 3.46. The van der Waals surface area contributed by atoms with Crippen LogP contribution in [0.5, 0.6) is 0 Å². The Labute approximate surface area is 128 Å². The maximum Gasteiger partial charge on any atom is 0.227 e. The Bertz CT molecular complexity index is 489. The Morgan fingerprint density at radius 3 is 2.35 bits per heavy atom. The molecule has 2 heterocycles. The van der Waals surface area contributed by atoms with Crippen molar-refractivity contribution in [1.29, 1.82) is 0 Å². The summed E-state index contributed by atoms with van der Waals surface area (Å²) in [6.45, 7) is 4.62. The van der Waals surface area contributed by atoms with Gasteiger partial charge in [-0.15, -0.1) is 11.3 Å². The summed E-state index contributed by atoms with van der Waals surface area (Å²) in [5, 5.41) is 0. The molecule has 4 nitrogen and oxygen atoms in total. The van der Waals surface area contributed by atoms with Crippen LogP contribution in [0.15, 0.2) is 12.1 Å². The zero-order chi connectivity index (χ0) is 14.5. The molecule has 2 rings (SSSR count). The van der Waals surface area contributed by atoms with Crippen LogP contribution in [-0.4, -0.2) is 47.8 Å². The smallest absolute Gasteiger partial charge is 0.227 e. The molecule has 0 saturated carbocycles. The number of hydrogen-bond acceptors (Lipinski definition) is 3. The third-order valence-corrected chi connectivity index (χ3v) is 4.69. The molecule has 1 aliphatic heterocycles. The molecule has 1 fully saturated rings. The van der Waals surface area contributed by atoms with Gasteiger partial charge in [-0.1, -0.05) is 18.5 Å². The summed E-state index contributed by atoms with van der Waals surface area (Å²) in [5.41, 5.74) is 0. The maximum absolute atomic E-state index is 12.3. The SMILES string of the molecule is CCC(=O)N1CCCN(C(=O)Cc2ccc(Cl)s2)CC1. The zero-order valence-corrected chi connectivity index (χ0v) is 13.2. The van der Waals surface area contributed by atoms with E-state index in [0.29, 0.717) is 30.3 Å². The van der Waals surface area contributed by atoms with Gasteiger partial charge in [0.2, 0.25) is 11.8 Å². The van der Waals surface area contributed by atoms with Crippen molar-refractivity contribution >= 4 is 34.8 Å². The van der Waals surface area contributed by atoms with E-state index in [-0.39, 0.29) is 11.8 Å².